The minimum Gasteiger partial charge on any atom is -0.434 e. The third-order valence-electron chi connectivity index (χ3n) is 5.21. The Labute approximate surface area is 161 Å². The molecule has 1 aliphatic carbocycles. The first-order valence-corrected chi connectivity index (χ1v) is 9.50. The molecule has 1 saturated carbocycles. The van der Waals surface area contributed by atoms with Crippen molar-refractivity contribution in [1.82, 2.24) is 9.55 Å². The average Bonchev–Trinajstić information content (AvgIpc) is 3.41. The SMILES string of the molecule is CCOC(=O)Oc1cn(C2CC2)c2nc(N3CCC(N)C3)c(F)c(C)c2c1=O. The molecule has 8 nitrogen and oxygen atoms in total. The Kier molecular flexibility index (Phi) is 4.70. The molecule has 1 aliphatic heterocycles. The van der Waals surface area contributed by atoms with Crippen LogP contribution in [0.5, 0.6) is 5.75 Å². The highest BCUT2D eigenvalue weighted by Crippen LogP contribution is 2.38. The van der Waals surface area contributed by atoms with Gasteiger partial charge in [0.1, 0.15) is 5.65 Å². The van der Waals surface area contributed by atoms with E-state index in [0.717, 1.165) is 19.3 Å². The maximum absolute atomic E-state index is 15.1. The minimum atomic E-state index is -0.963. The summed E-state index contributed by atoms with van der Waals surface area (Å²) in [5, 5.41) is 0.124. The van der Waals surface area contributed by atoms with Crippen molar-refractivity contribution in [2.75, 3.05) is 24.6 Å². The molecule has 2 N–H and O–H groups in total. The molecule has 9 heteroatoms. The number of nitrogens with zero attached hydrogens (tertiary/aromatic N) is 3. The molecule has 0 radical (unpaired) electrons. The summed E-state index contributed by atoms with van der Waals surface area (Å²) >= 11 is 0. The molecule has 0 aromatic carbocycles. The number of rotatable bonds is 4. The van der Waals surface area contributed by atoms with Gasteiger partial charge < -0.3 is 24.7 Å². The van der Waals surface area contributed by atoms with E-state index in [-0.39, 0.29) is 41.2 Å². The van der Waals surface area contributed by atoms with Gasteiger partial charge in [-0.1, -0.05) is 0 Å². The van der Waals surface area contributed by atoms with E-state index < -0.39 is 17.4 Å². The molecule has 3 heterocycles. The van der Waals surface area contributed by atoms with Crippen LogP contribution in [-0.2, 0) is 4.74 Å². The lowest BCUT2D eigenvalue weighted by atomic mass is 10.1. The van der Waals surface area contributed by atoms with Gasteiger partial charge in [0.25, 0.3) is 0 Å². The van der Waals surface area contributed by atoms with Crippen LogP contribution in [0.3, 0.4) is 0 Å². The van der Waals surface area contributed by atoms with Crippen LogP contribution in [0, 0.1) is 12.7 Å². The molecule has 1 atom stereocenters. The van der Waals surface area contributed by atoms with Crippen molar-refractivity contribution in [2.24, 2.45) is 5.73 Å². The molecule has 2 fully saturated rings. The summed E-state index contributed by atoms with van der Waals surface area (Å²) in [7, 11) is 0. The fourth-order valence-corrected chi connectivity index (χ4v) is 3.61. The van der Waals surface area contributed by atoms with Crippen molar-refractivity contribution < 1.29 is 18.7 Å². The minimum absolute atomic E-state index is 0.0248. The predicted octanol–water partition coefficient (Wildman–Crippen LogP) is 2.25. The maximum Gasteiger partial charge on any atom is 0.514 e. The summed E-state index contributed by atoms with van der Waals surface area (Å²) in [6.45, 7) is 4.45. The normalized spacial score (nSPS) is 19.3. The number of aryl methyl sites for hydroxylation is 1. The Morgan fingerprint density at radius 1 is 1.39 bits per heavy atom. The molecule has 28 heavy (non-hydrogen) atoms. The van der Waals surface area contributed by atoms with Crippen LogP contribution >= 0.6 is 0 Å². The molecule has 0 bridgehead atoms. The van der Waals surface area contributed by atoms with E-state index in [1.165, 1.54) is 6.20 Å². The van der Waals surface area contributed by atoms with Crippen LogP contribution in [0.4, 0.5) is 15.0 Å². The lowest BCUT2D eigenvalue weighted by Crippen LogP contribution is -2.28. The standard InChI is InChI=1S/C19H23FN4O4/c1-3-27-19(26)28-13-9-24(12-4-5-12)17-14(16(13)25)10(2)15(20)18(22-17)23-7-6-11(21)8-23/h9,11-12H,3-8,21H2,1-2H3. The Balaban J connectivity index is 1.89. The number of aromatic nitrogens is 2. The first-order chi connectivity index (χ1) is 13.4. The van der Waals surface area contributed by atoms with Crippen LogP contribution in [0.25, 0.3) is 11.0 Å². The zero-order valence-electron chi connectivity index (χ0n) is 15.9. The van der Waals surface area contributed by atoms with E-state index in [2.05, 4.69) is 4.98 Å². The summed E-state index contributed by atoms with van der Waals surface area (Å²) in [6, 6.07) is 0.113. The van der Waals surface area contributed by atoms with Gasteiger partial charge in [-0.25, -0.2) is 14.2 Å². The quantitative estimate of drug-likeness (QED) is 0.799. The van der Waals surface area contributed by atoms with Gasteiger partial charge >= 0.3 is 6.16 Å². The van der Waals surface area contributed by atoms with Crippen molar-refractivity contribution in [3.05, 3.63) is 27.8 Å². The van der Waals surface area contributed by atoms with Crippen LogP contribution in [0.15, 0.2) is 11.0 Å². The summed E-state index contributed by atoms with van der Waals surface area (Å²) in [4.78, 5) is 31.0. The zero-order chi connectivity index (χ0) is 20.0. The second-order valence-corrected chi connectivity index (χ2v) is 7.31. The number of hydrogen-bond donors (Lipinski definition) is 1. The number of ether oxygens (including phenoxy) is 2. The molecule has 2 aromatic heterocycles. The lowest BCUT2D eigenvalue weighted by Gasteiger charge is -2.21. The van der Waals surface area contributed by atoms with Crippen LogP contribution in [0.2, 0.25) is 0 Å². The lowest BCUT2D eigenvalue weighted by molar-refractivity contribution is 0.103. The average molecular weight is 390 g/mol. The van der Waals surface area contributed by atoms with Crippen molar-refractivity contribution in [1.29, 1.82) is 0 Å². The van der Waals surface area contributed by atoms with Gasteiger partial charge in [-0.3, -0.25) is 4.79 Å². The van der Waals surface area contributed by atoms with Crippen LogP contribution in [-0.4, -0.2) is 41.4 Å². The van der Waals surface area contributed by atoms with Gasteiger partial charge in [-0.2, -0.15) is 0 Å². The van der Waals surface area contributed by atoms with Gasteiger partial charge in [-0.05, 0) is 33.1 Å². The smallest absolute Gasteiger partial charge is 0.434 e. The molecular formula is C19H23FN4O4. The van der Waals surface area contributed by atoms with E-state index in [1.54, 1.807) is 18.4 Å². The van der Waals surface area contributed by atoms with Crippen molar-refractivity contribution in [3.63, 3.8) is 0 Å². The number of anilines is 1. The number of nitrogens with two attached hydrogens (primary N) is 1. The second kappa shape index (κ2) is 7.05. The molecule has 0 amide bonds. The van der Waals surface area contributed by atoms with Gasteiger partial charge in [0.05, 0.1) is 18.2 Å². The number of carbonyl (C=O) groups is 1. The molecule has 150 valence electrons. The Morgan fingerprint density at radius 3 is 2.75 bits per heavy atom. The Bertz CT molecular complexity index is 1000. The molecule has 0 spiro atoms. The number of fused-ring (bicyclic) bond motifs is 1. The summed E-state index contributed by atoms with van der Waals surface area (Å²) < 4.78 is 26.8. The fraction of sp³-hybridized carbons (Fsp3) is 0.526. The summed E-state index contributed by atoms with van der Waals surface area (Å²) in [5.74, 6) is -0.516. The third-order valence-corrected chi connectivity index (χ3v) is 5.21. The van der Waals surface area contributed by atoms with E-state index in [9.17, 15) is 9.59 Å². The number of hydrogen-bond acceptors (Lipinski definition) is 7. The van der Waals surface area contributed by atoms with Gasteiger partial charge in [0.2, 0.25) is 5.43 Å². The third kappa shape index (κ3) is 3.19. The number of carbonyl (C=O) groups excluding carboxylic acids is 1. The van der Waals surface area contributed by atoms with E-state index in [1.807, 2.05) is 4.90 Å². The molecule has 1 unspecified atom stereocenters. The number of pyridine rings is 2. The topological polar surface area (TPSA) is 99.7 Å². The van der Waals surface area contributed by atoms with Gasteiger partial charge in [0.15, 0.2) is 17.4 Å². The van der Waals surface area contributed by atoms with Crippen LogP contribution < -0.4 is 20.8 Å². The maximum atomic E-state index is 15.1. The monoisotopic (exact) mass is 390 g/mol. The number of halogens is 1. The van der Waals surface area contributed by atoms with Gasteiger partial charge in [0, 0.05) is 30.7 Å². The highest BCUT2D eigenvalue weighted by atomic mass is 19.1. The molecular weight excluding hydrogens is 367 g/mol. The molecule has 4 rings (SSSR count). The highest BCUT2D eigenvalue weighted by Gasteiger charge is 2.31. The van der Waals surface area contributed by atoms with Gasteiger partial charge in [-0.15, -0.1) is 0 Å². The summed E-state index contributed by atoms with van der Waals surface area (Å²) in [5.41, 5.74) is 5.97. The van der Waals surface area contributed by atoms with E-state index >= 15 is 4.39 Å². The van der Waals surface area contributed by atoms with Crippen LogP contribution in [0.1, 0.15) is 37.8 Å². The van der Waals surface area contributed by atoms with E-state index in [4.69, 9.17) is 15.2 Å². The molecule has 2 aliphatic rings. The first-order valence-electron chi connectivity index (χ1n) is 9.50. The van der Waals surface area contributed by atoms with Crippen molar-refractivity contribution in [2.45, 2.75) is 45.2 Å². The highest BCUT2D eigenvalue weighted by molar-refractivity contribution is 5.83. The predicted molar refractivity (Wildman–Crippen MR) is 101 cm³/mol. The Morgan fingerprint density at radius 2 is 2.14 bits per heavy atom. The zero-order valence-corrected chi connectivity index (χ0v) is 15.9. The van der Waals surface area contributed by atoms with Crippen molar-refractivity contribution in [3.8, 4) is 5.75 Å². The first kappa shape index (κ1) is 18.7. The van der Waals surface area contributed by atoms with E-state index in [0.29, 0.717) is 18.7 Å². The second-order valence-electron chi connectivity index (χ2n) is 7.31. The Hall–Kier alpha value is -2.68. The summed E-state index contributed by atoms with van der Waals surface area (Å²) in [6.07, 6.45) is 3.11. The van der Waals surface area contributed by atoms with Crippen molar-refractivity contribution >= 4 is 23.0 Å². The fourth-order valence-electron chi connectivity index (χ4n) is 3.61. The largest absolute Gasteiger partial charge is 0.514 e. The molecule has 2 aromatic rings. The molecule has 1 saturated heterocycles.